The van der Waals surface area contributed by atoms with Gasteiger partial charge in [0.05, 0.1) is 17.3 Å². The molecular weight excluding hydrogens is 281 g/mol. The fourth-order valence-corrected chi connectivity index (χ4v) is 4.07. The molecule has 0 aliphatic carbocycles. The van der Waals surface area contributed by atoms with Crippen molar-refractivity contribution < 1.29 is 17.5 Å². The molecule has 2 rings (SSSR count). The number of rotatable bonds is 5. The Balaban J connectivity index is 2.23. The van der Waals surface area contributed by atoms with Gasteiger partial charge < -0.3 is 10.1 Å². The van der Waals surface area contributed by atoms with Crippen molar-refractivity contribution >= 4 is 9.84 Å². The number of ether oxygens (including phenoxy) is 1. The van der Waals surface area contributed by atoms with Crippen LogP contribution in [0.25, 0.3) is 0 Å². The minimum atomic E-state index is -3.28. The van der Waals surface area contributed by atoms with E-state index in [1.54, 1.807) is 0 Å². The molecule has 20 heavy (non-hydrogen) atoms. The van der Waals surface area contributed by atoms with Gasteiger partial charge in [0.1, 0.15) is 5.82 Å². The summed E-state index contributed by atoms with van der Waals surface area (Å²) in [4.78, 5) is 0.242. The smallest absolute Gasteiger partial charge is 0.178 e. The van der Waals surface area contributed by atoms with Gasteiger partial charge in [0.2, 0.25) is 0 Å². The summed E-state index contributed by atoms with van der Waals surface area (Å²) in [5, 5.41) is 3.32. The second-order valence-corrected chi connectivity index (χ2v) is 7.15. The van der Waals surface area contributed by atoms with Crippen molar-refractivity contribution in [3.63, 3.8) is 0 Å². The Labute approximate surface area is 119 Å². The maximum atomic E-state index is 13.4. The zero-order valence-corrected chi connectivity index (χ0v) is 12.5. The van der Waals surface area contributed by atoms with Crippen LogP contribution in [0.15, 0.2) is 23.1 Å². The standard InChI is InChI=1S/C14H20FNO3S/c1-3-19-9-10(2)16-13-6-7-20(17,18)14-5-4-11(15)8-12(13)14/h4-5,8,10,13,16H,3,6-7,9H2,1-2H3. The van der Waals surface area contributed by atoms with E-state index >= 15 is 0 Å². The fraction of sp³-hybridized carbons (Fsp3) is 0.571. The highest BCUT2D eigenvalue weighted by molar-refractivity contribution is 7.91. The summed E-state index contributed by atoms with van der Waals surface area (Å²) in [5.74, 6) is -0.324. The van der Waals surface area contributed by atoms with Gasteiger partial charge in [-0.1, -0.05) is 0 Å². The van der Waals surface area contributed by atoms with Crippen molar-refractivity contribution in [3.05, 3.63) is 29.6 Å². The lowest BCUT2D eigenvalue weighted by Crippen LogP contribution is -2.37. The average molecular weight is 301 g/mol. The van der Waals surface area contributed by atoms with Crippen LogP contribution in [0.5, 0.6) is 0 Å². The number of sulfone groups is 1. The van der Waals surface area contributed by atoms with Gasteiger partial charge in [0.15, 0.2) is 9.84 Å². The van der Waals surface area contributed by atoms with Gasteiger partial charge in [-0.3, -0.25) is 0 Å². The number of benzene rings is 1. The van der Waals surface area contributed by atoms with Gasteiger partial charge in [-0.15, -0.1) is 0 Å². The third-order valence-corrected chi connectivity index (χ3v) is 5.23. The molecule has 1 heterocycles. The van der Waals surface area contributed by atoms with Crippen molar-refractivity contribution in [2.24, 2.45) is 0 Å². The summed E-state index contributed by atoms with van der Waals surface area (Å²) in [5.41, 5.74) is 0.527. The highest BCUT2D eigenvalue weighted by Gasteiger charge is 2.31. The van der Waals surface area contributed by atoms with Crippen LogP contribution >= 0.6 is 0 Å². The number of hydrogen-bond donors (Lipinski definition) is 1. The molecule has 112 valence electrons. The van der Waals surface area contributed by atoms with Gasteiger partial charge in [-0.05, 0) is 44.0 Å². The summed E-state index contributed by atoms with van der Waals surface area (Å²) in [6, 6.07) is 3.80. The molecule has 2 atom stereocenters. The van der Waals surface area contributed by atoms with Crippen LogP contribution in [0, 0.1) is 5.82 Å². The molecule has 1 aliphatic rings. The van der Waals surface area contributed by atoms with Crippen LogP contribution in [-0.2, 0) is 14.6 Å². The number of hydrogen-bond acceptors (Lipinski definition) is 4. The fourth-order valence-electron chi connectivity index (χ4n) is 2.47. The predicted molar refractivity (Wildman–Crippen MR) is 74.9 cm³/mol. The topological polar surface area (TPSA) is 55.4 Å². The third-order valence-electron chi connectivity index (χ3n) is 3.42. The Morgan fingerprint density at radius 3 is 2.95 bits per heavy atom. The monoisotopic (exact) mass is 301 g/mol. The number of halogens is 1. The molecule has 0 aromatic heterocycles. The van der Waals surface area contributed by atoms with Crippen LogP contribution in [0.4, 0.5) is 4.39 Å². The van der Waals surface area contributed by atoms with Crippen molar-refractivity contribution in [3.8, 4) is 0 Å². The highest BCUT2D eigenvalue weighted by atomic mass is 32.2. The van der Waals surface area contributed by atoms with Crippen molar-refractivity contribution in [1.29, 1.82) is 0 Å². The maximum Gasteiger partial charge on any atom is 0.178 e. The lowest BCUT2D eigenvalue weighted by molar-refractivity contribution is 0.123. The van der Waals surface area contributed by atoms with E-state index in [-0.39, 0.29) is 22.7 Å². The first-order valence-corrected chi connectivity index (χ1v) is 8.45. The van der Waals surface area contributed by atoms with Crippen LogP contribution in [0.3, 0.4) is 0 Å². The molecule has 1 aromatic rings. The largest absolute Gasteiger partial charge is 0.380 e. The second-order valence-electron chi connectivity index (χ2n) is 5.07. The van der Waals surface area contributed by atoms with Crippen LogP contribution in [0.2, 0.25) is 0 Å². The summed E-state index contributed by atoms with van der Waals surface area (Å²) in [6.45, 7) is 5.07. The van der Waals surface area contributed by atoms with E-state index in [0.29, 0.717) is 25.2 Å². The molecule has 0 saturated heterocycles. The Hall–Kier alpha value is -0.980. The molecule has 0 bridgehead atoms. The summed E-state index contributed by atoms with van der Waals surface area (Å²) in [7, 11) is -3.28. The zero-order valence-electron chi connectivity index (χ0n) is 11.7. The minimum absolute atomic E-state index is 0.0804. The lowest BCUT2D eigenvalue weighted by atomic mass is 10.0. The van der Waals surface area contributed by atoms with E-state index < -0.39 is 15.7 Å². The Bertz CT molecular complexity index is 574. The van der Waals surface area contributed by atoms with E-state index in [1.807, 2.05) is 13.8 Å². The quantitative estimate of drug-likeness (QED) is 0.846. The number of fused-ring (bicyclic) bond motifs is 1. The minimum Gasteiger partial charge on any atom is -0.380 e. The maximum absolute atomic E-state index is 13.4. The molecule has 4 nitrogen and oxygen atoms in total. The summed E-state index contributed by atoms with van der Waals surface area (Å²) >= 11 is 0. The molecular formula is C14H20FNO3S. The molecule has 0 fully saturated rings. The van der Waals surface area contributed by atoms with Crippen molar-refractivity contribution in [2.75, 3.05) is 19.0 Å². The summed E-state index contributed by atoms with van der Waals surface area (Å²) < 4.78 is 42.8. The molecule has 0 spiro atoms. The zero-order chi connectivity index (χ0) is 14.8. The van der Waals surface area contributed by atoms with Crippen LogP contribution in [0.1, 0.15) is 31.9 Å². The van der Waals surface area contributed by atoms with Gasteiger partial charge >= 0.3 is 0 Å². The first kappa shape index (κ1) is 15.4. The van der Waals surface area contributed by atoms with Crippen LogP contribution in [-0.4, -0.2) is 33.4 Å². The molecule has 1 aliphatic heterocycles. The molecule has 6 heteroatoms. The summed E-state index contributed by atoms with van der Waals surface area (Å²) in [6.07, 6.45) is 0.454. The van der Waals surface area contributed by atoms with Gasteiger partial charge in [-0.25, -0.2) is 12.8 Å². The third kappa shape index (κ3) is 3.37. The first-order chi connectivity index (χ1) is 9.44. The van der Waals surface area contributed by atoms with E-state index in [0.717, 1.165) is 0 Å². The first-order valence-electron chi connectivity index (χ1n) is 6.80. The Morgan fingerprint density at radius 1 is 1.50 bits per heavy atom. The Kier molecular flexibility index (Phi) is 4.78. The predicted octanol–water partition coefficient (Wildman–Crippen LogP) is 2.06. The van der Waals surface area contributed by atoms with Crippen molar-refractivity contribution in [2.45, 2.75) is 37.2 Å². The van der Waals surface area contributed by atoms with Gasteiger partial charge in [0.25, 0.3) is 0 Å². The molecule has 2 unspecified atom stereocenters. The van der Waals surface area contributed by atoms with E-state index in [9.17, 15) is 12.8 Å². The van der Waals surface area contributed by atoms with Gasteiger partial charge in [0, 0.05) is 18.7 Å². The normalized spacial score (nSPS) is 22.2. The van der Waals surface area contributed by atoms with E-state index in [1.165, 1.54) is 18.2 Å². The lowest BCUT2D eigenvalue weighted by Gasteiger charge is -2.29. The van der Waals surface area contributed by atoms with Crippen molar-refractivity contribution in [1.82, 2.24) is 5.32 Å². The highest BCUT2D eigenvalue weighted by Crippen LogP contribution is 2.32. The van der Waals surface area contributed by atoms with Gasteiger partial charge in [-0.2, -0.15) is 0 Å². The second kappa shape index (κ2) is 6.20. The molecule has 0 saturated carbocycles. The Morgan fingerprint density at radius 2 is 2.25 bits per heavy atom. The molecule has 1 aromatic carbocycles. The number of nitrogens with one attached hydrogen (secondary N) is 1. The van der Waals surface area contributed by atoms with Crippen LogP contribution < -0.4 is 5.32 Å². The molecule has 0 amide bonds. The average Bonchev–Trinajstić information content (AvgIpc) is 2.39. The SMILES string of the molecule is CCOCC(C)NC1CCS(=O)(=O)c2ccc(F)cc21. The molecule has 1 N–H and O–H groups in total. The van der Waals surface area contributed by atoms with E-state index in [4.69, 9.17) is 4.74 Å². The molecule has 0 radical (unpaired) electrons. The van der Waals surface area contributed by atoms with E-state index in [2.05, 4.69) is 5.32 Å².